The van der Waals surface area contributed by atoms with Gasteiger partial charge in [0.1, 0.15) is 6.10 Å². The molecule has 4 heteroatoms. The maximum Gasteiger partial charge on any atom is 0.251 e. The predicted molar refractivity (Wildman–Crippen MR) is 57.6 cm³/mol. The van der Waals surface area contributed by atoms with Crippen molar-refractivity contribution in [2.24, 2.45) is 0 Å². The van der Waals surface area contributed by atoms with Gasteiger partial charge in [0, 0.05) is 26.2 Å². The largest absolute Gasteiger partial charge is 0.360 e. The van der Waals surface area contributed by atoms with Gasteiger partial charge in [-0.3, -0.25) is 4.79 Å². The summed E-state index contributed by atoms with van der Waals surface area (Å²) < 4.78 is 5.79. The van der Waals surface area contributed by atoms with Crippen LogP contribution in [0.5, 0.6) is 0 Å². The Labute approximate surface area is 91.0 Å². The van der Waals surface area contributed by atoms with Gasteiger partial charge in [-0.2, -0.15) is 0 Å². The molecule has 0 aromatic rings. The zero-order valence-corrected chi connectivity index (χ0v) is 9.58. The van der Waals surface area contributed by atoms with E-state index in [1.807, 2.05) is 11.8 Å². The monoisotopic (exact) mass is 212 g/mol. The van der Waals surface area contributed by atoms with Crippen molar-refractivity contribution in [1.82, 2.24) is 10.2 Å². The Balaban J connectivity index is 1.84. The van der Waals surface area contributed by atoms with Crippen molar-refractivity contribution in [2.45, 2.75) is 38.4 Å². The second-order valence-electron chi connectivity index (χ2n) is 4.85. The van der Waals surface area contributed by atoms with Crippen LogP contribution in [0.1, 0.15) is 26.7 Å². The lowest BCUT2D eigenvalue weighted by molar-refractivity contribution is -0.158. The molecule has 86 valence electrons. The first-order valence-electron chi connectivity index (χ1n) is 5.78. The lowest BCUT2D eigenvalue weighted by atomic mass is 10.00. The van der Waals surface area contributed by atoms with E-state index < -0.39 is 0 Å². The average molecular weight is 212 g/mol. The quantitative estimate of drug-likeness (QED) is 0.735. The van der Waals surface area contributed by atoms with E-state index in [-0.39, 0.29) is 17.6 Å². The molecule has 0 spiro atoms. The van der Waals surface area contributed by atoms with Crippen molar-refractivity contribution in [3.05, 3.63) is 0 Å². The molecule has 2 heterocycles. The fourth-order valence-electron chi connectivity index (χ4n) is 2.23. The molecule has 4 nitrogen and oxygen atoms in total. The van der Waals surface area contributed by atoms with Gasteiger partial charge in [0.25, 0.3) is 5.91 Å². The summed E-state index contributed by atoms with van der Waals surface area (Å²) in [6.07, 6.45) is 1.98. The molecular formula is C11H20N2O2. The summed E-state index contributed by atoms with van der Waals surface area (Å²) in [5, 5.41) is 3.17. The van der Waals surface area contributed by atoms with Crippen molar-refractivity contribution in [3.63, 3.8) is 0 Å². The van der Waals surface area contributed by atoms with Gasteiger partial charge in [-0.15, -0.1) is 0 Å². The van der Waals surface area contributed by atoms with Crippen LogP contribution in [-0.2, 0) is 9.53 Å². The van der Waals surface area contributed by atoms with E-state index in [0.717, 1.165) is 39.0 Å². The van der Waals surface area contributed by atoms with Gasteiger partial charge in [0.05, 0.1) is 5.60 Å². The fourth-order valence-corrected chi connectivity index (χ4v) is 2.23. The Kier molecular flexibility index (Phi) is 2.98. The third-order valence-electron chi connectivity index (χ3n) is 3.22. The number of hydrogen-bond acceptors (Lipinski definition) is 3. The smallest absolute Gasteiger partial charge is 0.251 e. The number of hydrogen-bond donors (Lipinski definition) is 1. The van der Waals surface area contributed by atoms with Crippen LogP contribution in [0.25, 0.3) is 0 Å². The topological polar surface area (TPSA) is 41.6 Å². The molecule has 0 saturated carbocycles. The molecule has 2 saturated heterocycles. The Morgan fingerprint density at radius 3 is 2.47 bits per heavy atom. The number of ether oxygens (including phenoxy) is 1. The summed E-state index contributed by atoms with van der Waals surface area (Å²) in [7, 11) is 0. The van der Waals surface area contributed by atoms with Crippen LogP contribution in [0.3, 0.4) is 0 Å². The molecule has 2 rings (SSSR count). The van der Waals surface area contributed by atoms with Crippen LogP contribution in [0.2, 0.25) is 0 Å². The van der Waals surface area contributed by atoms with Crippen LogP contribution < -0.4 is 5.32 Å². The third kappa shape index (κ3) is 2.32. The number of carbonyl (C=O) groups is 1. The molecule has 0 aromatic carbocycles. The molecule has 15 heavy (non-hydrogen) atoms. The summed E-state index contributed by atoms with van der Waals surface area (Å²) in [6, 6.07) is 0. The minimum atomic E-state index is -0.296. The van der Waals surface area contributed by atoms with E-state index in [1.54, 1.807) is 0 Å². The lowest BCUT2D eigenvalue weighted by Gasteiger charge is -2.41. The maximum atomic E-state index is 11.9. The minimum absolute atomic E-state index is 0.130. The molecule has 0 bridgehead atoms. The van der Waals surface area contributed by atoms with E-state index in [9.17, 15) is 4.79 Å². The predicted octanol–water partition coefficient (Wildman–Crippen LogP) is 0.376. The maximum absolute atomic E-state index is 11.9. The first kappa shape index (κ1) is 10.9. The lowest BCUT2D eigenvalue weighted by Crippen LogP contribution is -2.61. The minimum Gasteiger partial charge on any atom is -0.360 e. The molecule has 2 aliphatic heterocycles. The van der Waals surface area contributed by atoms with E-state index in [4.69, 9.17) is 4.74 Å². The van der Waals surface area contributed by atoms with Gasteiger partial charge < -0.3 is 15.0 Å². The van der Waals surface area contributed by atoms with Crippen molar-refractivity contribution >= 4 is 5.91 Å². The standard InChI is InChI=1S/C11H20N2O2/c1-9(15-11(2)7-12-8-11)10(14)13-5-3-4-6-13/h9,12H,3-8H2,1-2H3. The molecule has 1 unspecified atom stereocenters. The molecule has 0 aromatic heterocycles. The van der Waals surface area contributed by atoms with Crippen molar-refractivity contribution in [2.75, 3.05) is 26.2 Å². The SMILES string of the molecule is CC(OC1(C)CNC1)C(=O)N1CCCC1. The summed E-state index contributed by atoms with van der Waals surface area (Å²) in [5.74, 6) is 0.153. The Hall–Kier alpha value is -0.610. The van der Waals surface area contributed by atoms with Crippen LogP contribution >= 0.6 is 0 Å². The molecule has 2 fully saturated rings. The second-order valence-corrected chi connectivity index (χ2v) is 4.85. The number of nitrogens with one attached hydrogen (secondary N) is 1. The normalized spacial score (nSPS) is 26.1. The Morgan fingerprint density at radius 1 is 1.40 bits per heavy atom. The van der Waals surface area contributed by atoms with Gasteiger partial charge in [-0.05, 0) is 26.7 Å². The van der Waals surface area contributed by atoms with Crippen molar-refractivity contribution in [1.29, 1.82) is 0 Å². The molecule has 1 atom stereocenters. The van der Waals surface area contributed by atoms with Gasteiger partial charge >= 0.3 is 0 Å². The number of carbonyl (C=O) groups excluding carboxylic acids is 1. The molecule has 1 amide bonds. The number of likely N-dealkylation sites (tertiary alicyclic amines) is 1. The zero-order chi connectivity index (χ0) is 10.9. The average Bonchev–Trinajstić information content (AvgIpc) is 2.66. The van der Waals surface area contributed by atoms with Gasteiger partial charge in [-0.25, -0.2) is 0 Å². The fraction of sp³-hybridized carbons (Fsp3) is 0.909. The molecule has 0 radical (unpaired) electrons. The van der Waals surface area contributed by atoms with E-state index in [1.165, 1.54) is 0 Å². The first-order chi connectivity index (χ1) is 7.11. The van der Waals surface area contributed by atoms with E-state index in [0.29, 0.717) is 0 Å². The highest BCUT2D eigenvalue weighted by Gasteiger charge is 2.37. The first-order valence-corrected chi connectivity index (χ1v) is 5.78. The summed E-state index contributed by atoms with van der Waals surface area (Å²) in [5.41, 5.74) is -0.130. The number of nitrogens with zero attached hydrogens (tertiary/aromatic N) is 1. The summed E-state index contributed by atoms with van der Waals surface area (Å²) in [4.78, 5) is 13.9. The Bertz CT molecular complexity index is 245. The Morgan fingerprint density at radius 2 is 2.00 bits per heavy atom. The summed E-state index contributed by atoms with van der Waals surface area (Å²) in [6.45, 7) is 7.43. The number of amides is 1. The highest BCUT2D eigenvalue weighted by atomic mass is 16.5. The highest BCUT2D eigenvalue weighted by Crippen LogP contribution is 2.19. The highest BCUT2D eigenvalue weighted by molar-refractivity contribution is 5.80. The zero-order valence-electron chi connectivity index (χ0n) is 9.58. The second kappa shape index (κ2) is 4.10. The molecule has 2 aliphatic rings. The molecule has 0 aliphatic carbocycles. The van der Waals surface area contributed by atoms with Crippen LogP contribution in [-0.4, -0.2) is 48.7 Å². The van der Waals surface area contributed by atoms with E-state index >= 15 is 0 Å². The number of rotatable bonds is 3. The van der Waals surface area contributed by atoms with Crippen molar-refractivity contribution < 1.29 is 9.53 Å². The van der Waals surface area contributed by atoms with E-state index in [2.05, 4.69) is 12.2 Å². The third-order valence-corrected chi connectivity index (χ3v) is 3.22. The van der Waals surface area contributed by atoms with Gasteiger partial charge in [0.15, 0.2) is 0 Å². The summed E-state index contributed by atoms with van der Waals surface area (Å²) >= 11 is 0. The van der Waals surface area contributed by atoms with Crippen LogP contribution in [0, 0.1) is 0 Å². The molecule has 1 N–H and O–H groups in total. The van der Waals surface area contributed by atoms with Gasteiger partial charge in [0.2, 0.25) is 0 Å². The van der Waals surface area contributed by atoms with Crippen LogP contribution in [0.15, 0.2) is 0 Å². The van der Waals surface area contributed by atoms with Gasteiger partial charge in [-0.1, -0.05) is 0 Å². The van der Waals surface area contributed by atoms with Crippen molar-refractivity contribution in [3.8, 4) is 0 Å². The van der Waals surface area contributed by atoms with Crippen LogP contribution in [0.4, 0.5) is 0 Å². The molecular weight excluding hydrogens is 192 g/mol.